The zero-order valence-corrected chi connectivity index (χ0v) is 10.9. The molecule has 0 saturated heterocycles. The molecule has 0 bridgehead atoms. The van der Waals surface area contributed by atoms with Crippen molar-refractivity contribution in [2.75, 3.05) is 5.73 Å². The predicted molar refractivity (Wildman–Crippen MR) is 71.3 cm³/mol. The van der Waals surface area contributed by atoms with Gasteiger partial charge in [-0.15, -0.1) is 0 Å². The number of nitrogens with two attached hydrogens (primary N) is 1. The van der Waals surface area contributed by atoms with Crippen molar-refractivity contribution in [2.24, 2.45) is 0 Å². The Bertz CT molecular complexity index is 624. The molecule has 0 unspecified atom stereocenters. The molecule has 0 aromatic heterocycles. The van der Waals surface area contributed by atoms with Crippen LogP contribution in [-0.2, 0) is 6.18 Å². The van der Waals surface area contributed by atoms with Crippen LogP contribution in [0.15, 0.2) is 36.4 Å². The minimum Gasteiger partial charge on any atom is -0.399 e. The van der Waals surface area contributed by atoms with Crippen molar-refractivity contribution in [3.63, 3.8) is 0 Å². The highest BCUT2D eigenvalue weighted by molar-refractivity contribution is 6.42. The first-order valence-electron chi connectivity index (χ1n) is 5.21. The molecule has 2 aromatic rings. The molecule has 0 spiro atoms. The molecular formula is C13H8Cl2F3N. The second kappa shape index (κ2) is 4.94. The number of alkyl halides is 3. The summed E-state index contributed by atoms with van der Waals surface area (Å²) in [7, 11) is 0. The van der Waals surface area contributed by atoms with Crippen LogP contribution in [0.25, 0.3) is 11.1 Å². The molecule has 1 nitrogen and oxygen atoms in total. The van der Waals surface area contributed by atoms with Gasteiger partial charge < -0.3 is 5.73 Å². The third-order valence-corrected chi connectivity index (χ3v) is 3.32. The lowest BCUT2D eigenvalue weighted by atomic mass is 9.98. The molecule has 0 saturated carbocycles. The topological polar surface area (TPSA) is 26.0 Å². The van der Waals surface area contributed by atoms with Crippen molar-refractivity contribution in [1.29, 1.82) is 0 Å². The second-order valence-electron chi connectivity index (χ2n) is 3.93. The van der Waals surface area contributed by atoms with Crippen molar-refractivity contribution in [2.45, 2.75) is 6.18 Å². The van der Waals surface area contributed by atoms with Crippen LogP contribution >= 0.6 is 23.2 Å². The Hall–Kier alpha value is -1.39. The van der Waals surface area contributed by atoms with Crippen molar-refractivity contribution < 1.29 is 13.2 Å². The van der Waals surface area contributed by atoms with E-state index in [0.717, 1.165) is 6.07 Å². The van der Waals surface area contributed by atoms with Crippen LogP contribution in [0.3, 0.4) is 0 Å². The summed E-state index contributed by atoms with van der Waals surface area (Å²) in [5, 5.41) is 0.470. The average Bonchev–Trinajstić information content (AvgIpc) is 2.31. The van der Waals surface area contributed by atoms with Gasteiger partial charge in [-0.05, 0) is 41.5 Å². The zero-order chi connectivity index (χ0) is 14.2. The van der Waals surface area contributed by atoms with E-state index in [1.807, 2.05) is 0 Å². The van der Waals surface area contributed by atoms with Crippen LogP contribution in [0.1, 0.15) is 5.56 Å². The fraction of sp³-hybridized carbons (Fsp3) is 0.0769. The van der Waals surface area contributed by atoms with Gasteiger partial charge in [0.25, 0.3) is 0 Å². The third-order valence-electron chi connectivity index (χ3n) is 2.58. The number of halogens is 5. The van der Waals surface area contributed by atoms with Crippen molar-refractivity contribution in [3.8, 4) is 11.1 Å². The highest BCUT2D eigenvalue weighted by Gasteiger charge is 2.33. The summed E-state index contributed by atoms with van der Waals surface area (Å²) in [5.74, 6) is 0. The van der Waals surface area contributed by atoms with E-state index in [-0.39, 0.29) is 21.3 Å². The minimum atomic E-state index is -4.46. The Morgan fingerprint density at radius 2 is 1.58 bits per heavy atom. The molecule has 0 fully saturated rings. The number of benzene rings is 2. The molecule has 2 N–H and O–H groups in total. The van der Waals surface area contributed by atoms with Crippen LogP contribution in [0.2, 0.25) is 10.0 Å². The Morgan fingerprint density at radius 3 is 2.16 bits per heavy atom. The van der Waals surface area contributed by atoms with Crippen molar-refractivity contribution >= 4 is 28.9 Å². The summed E-state index contributed by atoms with van der Waals surface area (Å²) in [5.41, 5.74) is 5.32. The van der Waals surface area contributed by atoms with E-state index in [9.17, 15) is 13.2 Å². The van der Waals surface area contributed by atoms with Gasteiger partial charge in [-0.25, -0.2) is 0 Å². The van der Waals surface area contributed by atoms with E-state index in [1.54, 1.807) is 0 Å². The van der Waals surface area contributed by atoms with Crippen LogP contribution in [0.4, 0.5) is 18.9 Å². The molecule has 19 heavy (non-hydrogen) atoms. The quantitative estimate of drug-likeness (QED) is 0.714. The molecule has 0 radical (unpaired) electrons. The lowest BCUT2D eigenvalue weighted by Gasteiger charge is -2.14. The highest BCUT2D eigenvalue weighted by Crippen LogP contribution is 2.39. The first-order valence-corrected chi connectivity index (χ1v) is 5.97. The van der Waals surface area contributed by atoms with Gasteiger partial charge in [-0.2, -0.15) is 13.2 Å². The fourth-order valence-electron chi connectivity index (χ4n) is 1.71. The molecule has 0 aliphatic rings. The molecule has 0 atom stereocenters. The molecule has 0 amide bonds. The summed E-state index contributed by atoms with van der Waals surface area (Å²) >= 11 is 11.6. The largest absolute Gasteiger partial charge is 0.417 e. The van der Waals surface area contributed by atoms with Gasteiger partial charge in [0, 0.05) is 5.69 Å². The summed E-state index contributed by atoms with van der Waals surface area (Å²) in [4.78, 5) is 0. The van der Waals surface area contributed by atoms with Gasteiger partial charge in [0.05, 0.1) is 15.6 Å². The van der Waals surface area contributed by atoms with E-state index in [1.165, 1.54) is 30.3 Å². The van der Waals surface area contributed by atoms with Gasteiger partial charge in [0.2, 0.25) is 0 Å². The Balaban J connectivity index is 2.66. The lowest BCUT2D eigenvalue weighted by Crippen LogP contribution is -2.07. The summed E-state index contributed by atoms with van der Waals surface area (Å²) in [6.45, 7) is 0. The van der Waals surface area contributed by atoms with Gasteiger partial charge in [0.15, 0.2) is 0 Å². The monoisotopic (exact) mass is 305 g/mol. The van der Waals surface area contributed by atoms with Gasteiger partial charge in [-0.3, -0.25) is 0 Å². The molecule has 0 aliphatic carbocycles. The second-order valence-corrected chi connectivity index (χ2v) is 4.75. The molecule has 2 aromatic carbocycles. The lowest BCUT2D eigenvalue weighted by molar-refractivity contribution is -0.137. The molecule has 2 rings (SSSR count). The molecule has 0 heterocycles. The van der Waals surface area contributed by atoms with Crippen LogP contribution in [0.5, 0.6) is 0 Å². The third kappa shape index (κ3) is 2.96. The van der Waals surface area contributed by atoms with Gasteiger partial charge in [-0.1, -0.05) is 29.3 Å². The number of hydrogen-bond donors (Lipinski definition) is 1. The maximum absolute atomic E-state index is 12.9. The van der Waals surface area contributed by atoms with Gasteiger partial charge in [0.1, 0.15) is 0 Å². The maximum Gasteiger partial charge on any atom is 0.417 e. The summed E-state index contributed by atoms with van der Waals surface area (Å²) in [6.07, 6.45) is -4.46. The first-order chi connectivity index (χ1) is 8.79. The first kappa shape index (κ1) is 14.0. The van der Waals surface area contributed by atoms with Crippen molar-refractivity contribution in [3.05, 3.63) is 52.0 Å². The van der Waals surface area contributed by atoms with E-state index < -0.39 is 11.7 Å². The van der Waals surface area contributed by atoms with E-state index >= 15 is 0 Å². The number of anilines is 1. The van der Waals surface area contributed by atoms with E-state index in [4.69, 9.17) is 28.9 Å². The number of rotatable bonds is 1. The Kier molecular flexibility index (Phi) is 3.65. The Labute approximate surface area is 117 Å². The average molecular weight is 306 g/mol. The summed E-state index contributed by atoms with van der Waals surface area (Å²) in [6, 6.07) is 7.73. The molecule has 100 valence electrons. The van der Waals surface area contributed by atoms with Gasteiger partial charge >= 0.3 is 6.18 Å². The standard InChI is InChI=1S/C13H8Cl2F3N/c14-11-4-1-7(5-12(11)15)9-6-8(19)2-3-10(9)13(16,17)18/h1-6H,19H2. The normalized spacial score (nSPS) is 11.6. The zero-order valence-electron chi connectivity index (χ0n) is 9.43. The van der Waals surface area contributed by atoms with Crippen LogP contribution in [-0.4, -0.2) is 0 Å². The van der Waals surface area contributed by atoms with Crippen LogP contribution in [0, 0.1) is 0 Å². The smallest absolute Gasteiger partial charge is 0.399 e. The maximum atomic E-state index is 12.9. The van der Waals surface area contributed by atoms with E-state index in [0.29, 0.717) is 5.56 Å². The highest BCUT2D eigenvalue weighted by atomic mass is 35.5. The minimum absolute atomic E-state index is 0.0222. The molecule has 6 heteroatoms. The van der Waals surface area contributed by atoms with E-state index in [2.05, 4.69) is 0 Å². The van der Waals surface area contributed by atoms with Crippen molar-refractivity contribution in [1.82, 2.24) is 0 Å². The molecule has 0 aliphatic heterocycles. The fourth-order valence-corrected chi connectivity index (χ4v) is 2.01. The number of hydrogen-bond acceptors (Lipinski definition) is 1. The number of nitrogen functional groups attached to an aromatic ring is 1. The predicted octanol–water partition coefficient (Wildman–Crippen LogP) is 5.26. The SMILES string of the molecule is Nc1ccc(C(F)(F)F)c(-c2ccc(Cl)c(Cl)c2)c1. The van der Waals surface area contributed by atoms with Crippen LogP contribution < -0.4 is 5.73 Å². The molecular weight excluding hydrogens is 298 g/mol. The Morgan fingerprint density at radius 1 is 0.895 bits per heavy atom. The summed E-state index contributed by atoms with van der Waals surface area (Å²) < 4.78 is 38.8.